The van der Waals surface area contributed by atoms with E-state index in [1.165, 1.54) is 12.2 Å². The van der Waals surface area contributed by atoms with E-state index in [-0.39, 0.29) is 6.03 Å². The van der Waals surface area contributed by atoms with E-state index < -0.39 is 10.8 Å². The number of amides is 2. The van der Waals surface area contributed by atoms with Crippen LogP contribution in [0.2, 0.25) is 0 Å². The fourth-order valence-electron chi connectivity index (χ4n) is 2.27. The maximum atomic E-state index is 12.1. The highest BCUT2D eigenvalue weighted by molar-refractivity contribution is 7.99. The highest BCUT2D eigenvalue weighted by Gasteiger charge is 2.18. The summed E-state index contributed by atoms with van der Waals surface area (Å²) in [5.41, 5.74) is 1.04. The van der Waals surface area contributed by atoms with Crippen LogP contribution in [0.25, 0.3) is 0 Å². The van der Waals surface area contributed by atoms with Gasteiger partial charge in [-0.1, -0.05) is 12.1 Å². The third-order valence-corrected chi connectivity index (χ3v) is 5.66. The number of nitrogens with zero attached hydrogens (tertiary/aromatic N) is 1. The molecule has 2 rings (SSSR count). The molecule has 2 atom stereocenters. The molecule has 1 aliphatic rings. The van der Waals surface area contributed by atoms with Gasteiger partial charge in [0.15, 0.2) is 0 Å². The first-order chi connectivity index (χ1) is 10.1. The van der Waals surface area contributed by atoms with Gasteiger partial charge in [0.25, 0.3) is 0 Å². The Balaban J connectivity index is 1.86. The van der Waals surface area contributed by atoms with Gasteiger partial charge in [-0.25, -0.2) is 4.79 Å². The first-order valence-electron chi connectivity index (χ1n) is 7.08. The van der Waals surface area contributed by atoms with E-state index in [1.807, 2.05) is 36.0 Å². The number of rotatable bonds is 4. The first kappa shape index (κ1) is 16.4. The van der Waals surface area contributed by atoms with Crippen LogP contribution in [0, 0.1) is 0 Å². The Kier molecular flexibility index (Phi) is 6.11. The predicted octanol–water partition coefficient (Wildman–Crippen LogP) is 2.46. The predicted molar refractivity (Wildman–Crippen MR) is 89.1 cm³/mol. The Hall–Kier alpha value is -1.01. The molecule has 1 aromatic carbocycles. The summed E-state index contributed by atoms with van der Waals surface area (Å²) in [5.74, 6) is 2.21. The lowest BCUT2D eigenvalue weighted by Gasteiger charge is -2.26. The summed E-state index contributed by atoms with van der Waals surface area (Å²) in [6.07, 6.45) is 3.91. The molecule has 1 fully saturated rings. The number of thioether (sulfide) groups is 1. The van der Waals surface area contributed by atoms with Crippen molar-refractivity contribution in [3.8, 4) is 0 Å². The Morgan fingerprint density at radius 2 is 2.14 bits per heavy atom. The van der Waals surface area contributed by atoms with Gasteiger partial charge < -0.3 is 10.2 Å². The van der Waals surface area contributed by atoms with Crippen molar-refractivity contribution >= 4 is 28.6 Å². The monoisotopic (exact) mass is 326 g/mol. The van der Waals surface area contributed by atoms with E-state index >= 15 is 0 Å². The maximum absolute atomic E-state index is 12.1. The zero-order valence-electron chi connectivity index (χ0n) is 12.5. The highest BCUT2D eigenvalue weighted by Crippen LogP contribution is 2.17. The second kappa shape index (κ2) is 7.84. The third-order valence-electron chi connectivity index (χ3n) is 3.51. The zero-order valence-corrected chi connectivity index (χ0v) is 14.1. The van der Waals surface area contributed by atoms with Gasteiger partial charge in [-0.3, -0.25) is 4.21 Å². The number of hydrogen-bond donors (Lipinski definition) is 1. The van der Waals surface area contributed by atoms with Crippen molar-refractivity contribution in [3.63, 3.8) is 0 Å². The zero-order chi connectivity index (χ0) is 15.2. The smallest absolute Gasteiger partial charge is 0.317 e. The van der Waals surface area contributed by atoms with E-state index in [9.17, 15) is 9.00 Å². The van der Waals surface area contributed by atoms with Gasteiger partial charge >= 0.3 is 6.03 Å². The number of carbonyl (C=O) groups is 1. The third kappa shape index (κ3) is 5.04. The van der Waals surface area contributed by atoms with Crippen LogP contribution in [-0.4, -0.2) is 46.0 Å². The van der Waals surface area contributed by atoms with Crippen LogP contribution in [0.4, 0.5) is 4.79 Å². The molecule has 0 bridgehead atoms. The molecule has 1 heterocycles. The Morgan fingerprint density at radius 3 is 2.71 bits per heavy atom. The molecule has 1 aliphatic heterocycles. The largest absolute Gasteiger partial charge is 0.334 e. The van der Waals surface area contributed by atoms with E-state index in [4.69, 9.17) is 0 Å². The molecule has 21 heavy (non-hydrogen) atoms. The van der Waals surface area contributed by atoms with Crippen LogP contribution in [0.15, 0.2) is 29.2 Å². The minimum Gasteiger partial charge on any atom is -0.334 e. The van der Waals surface area contributed by atoms with E-state index in [0.717, 1.165) is 22.6 Å². The highest BCUT2D eigenvalue weighted by atomic mass is 32.2. The van der Waals surface area contributed by atoms with Gasteiger partial charge in [-0.15, -0.1) is 0 Å². The van der Waals surface area contributed by atoms with Crippen LogP contribution in [0.5, 0.6) is 0 Å². The first-order valence-corrected chi connectivity index (χ1v) is 9.79. The lowest BCUT2D eigenvalue weighted by molar-refractivity contribution is 0.203. The SMILES string of the molecule is CN(Cc1ccc([S@](C)=O)cc1)C(=O)N[C@H]1CCCSC1. The maximum Gasteiger partial charge on any atom is 0.317 e. The molecule has 1 aromatic rings. The molecule has 0 saturated carbocycles. The summed E-state index contributed by atoms with van der Waals surface area (Å²) in [4.78, 5) is 14.6. The standard InChI is InChI=1S/C15H22N2O2S2/c1-17(15(18)16-13-4-3-9-20-11-13)10-12-5-7-14(8-6-12)21(2)19/h5-8,13H,3-4,9-11H2,1-2H3,(H,16,18)/t13-,21-/m0/s1. The van der Waals surface area contributed by atoms with Crippen molar-refractivity contribution in [1.82, 2.24) is 10.2 Å². The van der Waals surface area contributed by atoms with Crippen molar-refractivity contribution < 1.29 is 9.00 Å². The van der Waals surface area contributed by atoms with Crippen molar-refractivity contribution in [2.75, 3.05) is 24.8 Å². The molecular weight excluding hydrogens is 304 g/mol. The summed E-state index contributed by atoms with van der Waals surface area (Å²) < 4.78 is 11.3. The van der Waals surface area contributed by atoms with Crippen LogP contribution >= 0.6 is 11.8 Å². The number of hydrogen-bond acceptors (Lipinski definition) is 3. The average Bonchev–Trinajstić information content (AvgIpc) is 2.48. The van der Waals surface area contributed by atoms with E-state index in [2.05, 4.69) is 5.32 Å². The Labute approximate surface area is 133 Å². The quantitative estimate of drug-likeness (QED) is 0.925. The lowest BCUT2D eigenvalue weighted by atomic mass is 10.2. The minimum atomic E-state index is -0.959. The van der Waals surface area contributed by atoms with Gasteiger partial charge in [-0.2, -0.15) is 11.8 Å². The lowest BCUT2D eigenvalue weighted by Crippen LogP contribution is -2.44. The second-order valence-corrected chi connectivity index (χ2v) is 7.85. The molecule has 0 aromatic heterocycles. The Morgan fingerprint density at radius 1 is 1.43 bits per heavy atom. The van der Waals surface area contributed by atoms with Gasteiger partial charge in [-0.05, 0) is 36.3 Å². The summed E-state index contributed by atoms with van der Waals surface area (Å²) in [5, 5.41) is 3.09. The molecule has 1 saturated heterocycles. The number of carbonyl (C=O) groups excluding carboxylic acids is 1. The van der Waals surface area contributed by atoms with Gasteiger partial charge in [0.1, 0.15) is 0 Å². The molecular formula is C15H22N2O2S2. The fraction of sp³-hybridized carbons (Fsp3) is 0.533. The van der Waals surface area contributed by atoms with Crippen LogP contribution < -0.4 is 5.32 Å². The van der Waals surface area contributed by atoms with Crippen molar-refractivity contribution in [1.29, 1.82) is 0 Å². The number of urea groups is 1. The molecule has 4 nitrogen and oxygen atoms in total. The van der Waals surface area contributed by atoms with Crippen LogP contribution in [0.1, 0.15) is 18.4 Å². The van der Waals surface area contributed by atoms with Crippen molar-refractivity contribution in [2.24, 2.45) is 0 Å². The van der Waals surface area contributed by atoms with Crippen LogP contribution in [-0.2, 0) is 17.3 Å². The summed E-state index contributed by atoms with van der Waals surface area (Å²) in [6.45, 7) is 0.558. The molecule has 0 spiro atoms. The number of nitrogens with one attached hydrogen (secondary N) is 1. The van der Waals surface area contributed by atoms with E-state index in [1.54, 1.807) is 18.2 Å². The van der Waals surface area contributed by atoms with Gasteiger partial charge in [0.05, 0.1) is 0 Å². The molecule has 1 N–H and O–H groups in total. The Bertz CT molecular complexity index is 499. The summed E-state index contributed by atoms with van der Waals surface area (Å²) >= 11 is 1.90. The molecule has 2 amide bonds. The molecule has 0 aliphatic carbocycles. The second-order valence-electron chi connectivity index (χ2n) is 5.32. The van der Waals surface area contributed by atoms with Crippen molar-refractivity contribution in [2.45, 2.75) is 30.3 Å². The van der Waals surface area contributed by atoms with Gasteiger partial charge in [0.2, 0.25) is 0 Å². The topological polar surface area (TPSA) is 49.4 Å². The molecule has 0 radical (unpaired) electrons. The van der Waals surface area contributed by atoms with Crippen molar-refractivity contribution in [3.05, 3.63) is 29.8 Å². The fourth-order valence-corrected chi connectivity index (χ4v) is 3.86. The summed E-state index contributed by atoms with van der Waals surface area (Å²) in [7, 11) is 0.844. The van der Waals surface area contributed by atoms with Crippen LogP contribution in [0.3, 0.4) is 0 Å². The number of benzene rings is 1. The molecule has 116 valence electrons. The normalized spacial score (nSPS) is 19.8. The molecule has 6 heteroatoms. The summed E-state index contributed by atoms with van der Waals surface area (Å²) in [6, 6.07) is 7.84. The minimum absolute atomic E-state index is 0.0226. The average molecular weight is 326 g/mol. The van der Waals surface area contributed by atoms with Gasteiger partial charge in [0, 0.05) is 47.3 Å². The van der Waals surface area contributed by atoms with E-state index in [0.29, 0.717) is 12.6 Å². The molecule has 0 unspecified atom stereocenters.